The van der Waals surface area contributed by atoms with Crippen LogP contribution < -0.4 is 0 Å². The van der Waals surface area contributed by atoms with Crippen LogP contribution in [0.1, 0.15) is 26.7 Å². The van der Waals surface area contributed by atoms with Crippen LogP contribution in [-0.2, 0) is 14.8 Å². The van der Waals surface area contributed by atoms with E-state index >= 15 is 0 Å². The molecule has 0 spiro atoms. The maximum absolute atomic E-state index is 11.9. The molecule has 16 heavy (non-hydrogen) atoms. The van der Waals surface area contributed by atoms with Gasteiger partial charge in [0, 0.05) is 13.1 Å². The van der Waals surface area contributed by atoms with Crippen molar-refractivity contribution in [1.29, 1.82) is 0 Å². The molecule has 5 nitrogen and oxygen atoms in total. The third-order valence-corrected chi connectivity index (χ3v) is 4.74. The van der Waals surface area contributed by atoms with Crippen LogP contribution in [0, 0.1) is 5.92 Å². The maximum Gasteiger partial charge on any atom is 0.235 e. The van der Waals surface area contributed by atoms with Crippen LogP contribution in [0.25, 0.3) is 0 Å². The summed E-state index contributed by atoms with van der Waals surface area (Å²) in [5.74, 6) is 0.268. The molecule has 0 bridgehead atoms. The third kappa shape index (κ3) is 3.70. The van der Waals surface area contributed by atoms with E-state index in [1.807, 2.05) is 13.8 Å². The number of aliphatic imine (C=N–C) groups is 1. The van der Waals surface area contributed by atoms with Crippen molar-refractivity contribution in [3.63, 3.8) is 0 Å². The number of carbonyl (C=O) groups excluding carboxylic acids is 1. The van der Waals surface area contributed by atoms with Crippen LogP contribution in [-0.4, -0.2) is 43.7 Å². The van der Waals surface area contributed by atoms with Gasteiger partial charge < -0.3 is 0 Å². The molecule has 1 aliphatic heterocycles. The highest BCUT2D eigenvalue weighted by Gasteiger charge is 2.29. The van der Waals surface area contributed by atoms with Crippen LogP contribution in [0.15, 0.2) is 4.99 Å². The van der Waals surface area contributed by atoms with Crippen molar-refractivity contribution in [2.45, 2.75) is 32.7 Å². The molecule has 1 saturated heterocycles. The summed E-state index contributed by atoms with van der Waals surface area (Å²) < 4.78 is 25.3. The fraction of sp³-hybridized carbons (Fsp3) is 0.900. The standard InChI is InChI=1S/C10H18N2O3S/c1-9(2)7-16(14,15)12-5-3-4-10(6-12)11-8-13/h9-10H,3-7H2,1-2H3. The zero-order valence-electron chi connectivity index (χ0n) is 9.72. The van der Waals surface area contributed by atoms with Gasteiger partial charge in [-0.15, -0.1) is 0 Å². The molecule has 1 heterocycles. The first-order valence-corrected chi connectivity index (χ1v) is 7.11. The summed E-state index contributed by atoms with van der Waals surface area (Å²) >= 11 is 0. The number of hydrogen-bond acceptors (Lipinski definition) is 4. The van der Waals surface area contributed by atoms with E-state index in [4.69, 9.17) is 0 Å². The molecule has 1 fully saturated rings. The number of isocyanates is 1. The second-order valence-electron chi connectivity index (χ2n) is 4.55. The zero-order chi connectivity index (χ0) is 12.2. The molecule has 1 atom stereocenters. The molecular formula is C10H18N2O3S. The van der Waals surface area contributed by atoms with Crippen molar-refractivity contribution in [2.24, 2.45) is 10.9 Å². The normalized spacial score (nSPS) is 23.1. The van der Waals surface area contributed by atoms with E-state index in [0.29, 0.717) is 13.1 Å². The molecule has 1 rings (SSSR count). The van der Waals surface area contributed by atoms with E-state index in [-0.39, 0.29) is 17.7 Å². The molecule has 0 N–H and O–H groups in total. The Morgan fingerprint density at radius 2 is 2.19 bits per heavy atom. The first kappa shape index (κ1) is 13.4. The van der Waals surface area contributed by atoms with Crippen LogP contribution in [0.2, 0.25) is 0 Å². The van der Waals surface area contributed by atoms with Gasteiger partial charge >= 0.3 is 0 Å². The van der Waals surface area contributed by atoms with Crippen LogP contribution in [0.5, 0.6) is 0 Å². The van der Waals surface area contributed by atoms with E-state index in [1.165, 1.54) is 10.4 Å². The van der Waals surface area contributed by atoms with Crippen molar-refractivity contribution in [2.75, 3.05) is 18.8 Å². The highest BCUT2D eigenvalue weighted by Crippen LogP contribution is 2.17. The first-order valence-electron chi connectivity index (χ1n) is 5.50. The van der Waals surface area contributed by atoms with Crippen LogP contribution in [0.3, 0.4) is 0 Å². The van der Waals surface area contributed by atoms with Crippen LogP contribution >= 0.6 is 0 Å². The molecule has 92 valence electrons. The smallest absolute Gasteiger partial charge is 0.212 e. The van der Waals surface area contributed by atoms with E-state index < -0.39 is 10.0 Å². The molecule has 0 aromatic rings. The van der Waals surface area contributed by atoms with Gasteiger partial charge in [0.1, 0.15) is 0 Å². The van der Waals surface area contributed by atoms with Gasteiger partial charge in [-0.1, -0.05) is 13.8 Å². The second kappa shape index (κ2) is 5.57. The van der Waals surface area contributed by atoms with Crippen molar-refractivity contribution in [1.82, 2.24) is 4.31 Å². The molecule has 0 radical (unpaired) electrons. The summed E-state index contributed by atoms with van der Waals surface area (Å²) in [7, 11) is -3.19. The summed E-state index contributed by atoms with van der Waals surface area (Å²) in [4.78, 5) is 13.8. The largest absolute Gasteiger partial charge is 0.235 e. The van der Waals surface area contributed by atoms with Gasteiger partial charge in [0.05, 0.1) is 11.8 Å². The topological polar surface area (TPSA) is 66.8 Å². The molecule has 1 aliphatic rings. The van der Waals surface area contributed by atoms with Gasteiger partial charge in [0.25, 0.3) is 0 Å². The number of piperidine rings is 1. The molecule has 0 aromatic carbocycles. The van der Waals surface area contributed by atoms with Gasteiger partial charge in [-0.05, 0) is 18.8 Å². The lowest BCUT2D eigenvalue weighted by molar-refractivity contribution is 0.315. The van der Waals surface area contributed by atoms with E-state index in [9.17, 15) is 13.2 Å². The van der Waals surface area contributed by atoms with Crippen molar-refractivity contribution in [3.8, 4) is 0 Å². The monoisotopic (exact) mass is 246 g/mol. The average molecular weight is 246 g/mol. The number of hydrogen-bond donors (Lipinski definition) is 0. The quantitative estimate of drug-likeness (QED) is 0.543. The van der Waals surface area contributed by atoms with Crippen molar-refractivity contribution in [3.05, 3.63) is 0 Å². The lowest BCUT2D eigenvalue weighted by Gasteiger charge is -2.29. The summed E-state index contributed by atoms with van der Waals surface area (Å²) in [6.07, 6.45) is 3.03. The summed E-state index contributed by atoms with van der Waals surface area (Å²) in [5, 5.41) is 0. The Bertz CT molecular complexity index is 372. The van der Waals surface area contributed by atoms with Crippen molar-refractivity contribution >= 4 is 16.1 Å². The minimum Gasteiger partial charge on any atom is -0.212 e. The van der Waals surface area contributed by atoms with Gasteiger partial charge in [-0.2, -0.15) is 4.31 Å². The number of sulfonamides is 1. The summed E-state index contributed by atoms with van der Waals surface area (Å²) in [6, 6.07) is -0.215. The lowest BCUT2D eigenvalue weighted by atomic mass is 10.1. The zero-order valence-corrected chi connectivity index (χ0v) is 10.5. The molecule has 6 heteroatoms. The highest BCUT2D eigenvalue weighted by molar-refractivity contribution is 7.89. The first-order chi connectivity index (χ1) is 7.45. The van der Waals surface area contributed by atoms with Gasteiger partial charge in [0.2, 0.25) is 16.1 Å². The summed E-state index contributed by atoms with van der Waals surface area (Å²) in [6.45, 7) is 4.62. The predicted octanol–water partition coefficient (Wildman–Crippen LogP) is 0.772. The van der Waals surface area contributed by atoms with Crippen LogP contribution in [0.4, 0.5) is 0 Å². The Morgan fingerprint density at radius 1 is 1.50 bits per heavy atom. The average Bonchev–Trinajstić information content (AvgIpc) is 2.16. The van der Waals surface area contributed by atoms with Crippen molar-refractivity contribution < 1.29 is 13.2 Å². The second-order valence-corrected chi connectivity index (χ2v) is 6.56. The lowest BCUT2D eigenvalue weighted by Crippen LogP contribution is -2.43. The number of nitrogens with zero attached hydrogens (tertiary/aromatic N) is 2. The van der Waals surface area contributed by atoms with E-state index in [2.05, 4.69) is 4.99 Å². The fourth-order valence-electron chi connectivity index (χ4n) is 1.88. The minimum atomic E-state index is -3.19. The molecule has 0 amide bonds. The van der Waals surface area contributed by atoms with E-state index in [0.717, 1.165) is 12.8 Å². The molecule has 0 aromatic heterocycles. The Balaban J connectivity index is 2.69. The molecule has 0 aliphatic carbocycles. The maximum atomic E-state index is 11.9. The number of rotatable bonds is 4. The molecular weight excluding hydrogens is 228 g/mol. The summed E-state index contributed by atoms with van der Waals surface area (Å²) in [5.41, 5.74) is 0. The highest BCUT2D eigenvalue weighted by atomic mass is 32.2. The minimum absolute atomic E-state index is 0.111. The van der Waals surface area contributed by atoms with Gasteiger partial charge in [-0.3, -0.25) is 0 Å². The Labute approximate surface area is 96.6 Å². The third-order valence-electron chi connectivity index (χ3n) is 2.53. The molecule has 0 saturated carbocycles. The van der Waals surface area contributed by atoms with E-state index in [1.54, 1.807) is 0 Å². The van der Waals surface area contributed by atoms with Gasteiger partial charge in [0.15, 0.2) is 0 Å². The van der Waals surface area contributed by atoms with Gasteiger partial charge in [-0.25, -0.2) is 18.2 Å². The Kier molecular flexibility index (Phi) is 4.65. The fourth-order valence-corrected chi connectivity index (χ4v) is 3.74. The Hall–Kier alpha value is -0.710. The SMILES string of the molecule is CC(C)CS(=O)(=O)N1CCCC(N=C=O)C1. The molecule has 1 unspecified atom stereocenters. The predicted molar refractivity (Wildman–Crippen MR) is 61.3 cm³/mol. The Morgan fingerprint density at radius 3 is 2.75 bits per heavy atom.